The van der Waals surface area contributed by atoms with Gasteiger partial charge in [-0.15, -0.1) is 25.7 Å². The van der Waals surface area contributed by atoms with Crippen LogP contribution in [0.4, 0.5) is 0 Å². The summed E-state index contributed by atoms with van der Waals surface area (Å²) < 4.78 is 67.7. The third-order valence-corrected chi connectivity index (χ3v) is 12.4. The summed E-state index contributed by atoms with van der Waals surface area (Å²) in [6, 6.07) is 41.3. The van der Waals surface area contributed by atoms with Crippen molar-refractivity contribution >= 4 is 23.9 Å². The highest BCUT2D eigenvalue weighted by Crippen LogP contribution is 2.56. The Balaban J connectivity index is 0.955. The van der Waals surface area contributed by atoms with Gasteiger partial charge in [0.1, 0.15) is 64.4 Å². The first-order valence-corrected chi connectivity index (χ1v) is 25.9. The number of esters is 4. The van der Waals surface area contributed by atoms with Gasteiger partial charge in [-0.25, -0.2) is 19.2 Å². The summed E-state index contributed by atoms with van der Waals surface area (Å²) in [6.07, 6.45) is 21.4. The van der Waals surface area contributed by atoms with Gasteiger partial charge in [0.15, 0.2) is 35.2 Å². The molecule has 7 rings (SSSR count). The molecule has 0 fully saturated rings. The molecule has 0 saturated carbocycles. The molecular formula is C67H58O16. The summed E-state index contributed by atoms with van der Waals surface area (Å²) in [4.78, 5) is 50.6. The normalized spacial score (nSPS) is 12.0. The Labute approximate surface area is 482 Å². The van der Waals surface area contributed by atoms with Gasteiger partial charge >= 0.3 is 23.9 Å². The fourth-order valence-electron chi connectivity index (χ4n) is 8.87. The molecule has 0 amide bonds. The van der Waals surface area contributed by atoms with E-state index in [1.165, 1.54) is 36.4 Å². The molecular weight excluding hydrogens is 1060 g/mol. The molecule has 0 spiro atoms. The fraction of sp³-hybridized carbons (Fsp3) is 0.224. The molecule has 0 radical (unpaired) electrons. The number of carbonyl (C=O) groups excluding carboxylic acids is 4. The Kier molecular flexibility index (Phi) is 22.4. The van der Waals surface area contributed by atoms with Crippen molar-refractivity contribution in [1.82, 2.24) is 0 Å². The number of hydrogen-bond acceptors (Lipinski definition) is 16. The van der Waals surface area contributed by atoms with Crippen molar-refractivity contribution in [3.63, 3.8) is 0 Å². The number of carbonyl (C=O) groups is 4. The first kappa shape index (κ1) is 60.3. The van der Waals surface area contributed by atoms with Gasteiger partial charge in [0.2, 0.25) is 0 Å². The molecule has 0 aliphatic heterocycles. The van der Waals surface area contributed by atoms with Gasteiger partial charge in [-0.1, -0.05) is 110 Å². The molecule has 0 aromatic heterocycles. The second-order valence-electron chi connectivity index (χ2n) is 17.8. The first-order chi connectivity index (χ1) is 40.6. The maximum atomic E-state index is 13.1. The predicted molar refractivity (Wildman–Crippen MR) is 307 cm³/mol. The van der Waals surface area contributed by atoms with Gasteiger partial charge in [0.05, 0.1) is 43.0 Å². The van der Waals surface area contributed by atoms with E-state index in [9.17, 15) is 19.2 Å². The maximum Gasteiger partial charge on any atom is 0.338 e. The lowest BCUT2D eigenvalue weighted by atomic mass is 9.68. The van der Waals surface area contributed by atoms with Crippen molar-refractivity contribution in [2.45, 2.75) is 17.6 Å². The molecule has 0 bridgehead atoms. The molecule has 2 unspecified atom stereocenters. The van der Waals surface area contributed by atoms with Gasteiger partial charge < -0.3 is 56.8 Å². The smallest absolute Gasteiger partial charge is 0.338 e. The summed E-state index contributed by atoms with van der Waals surface area (Å²) in [5.41, 5.74) is 5.94. The van der Waals surface area contributed by atoms with Crippen LogP contribution < -0.4 is 28.4 Å². The van der Waals surface area contributed by atoms with Crippen LogP contribution >= 0.6 is 0 Å². The summed E-state index contributed by atoms with van der Waals surface area (Å²) in [5.74, 6) is 8.72. The SMILES string of the molecule is C#CCOc1ccc(C(=O)OCC(COCCOc2ccc(C3(c4ccc(OCCOCC(COC(=O)c5ccc(OCC#C)c(OCC#C)c5)OC(=O)C=C)cc4)c4ccccc4-c4ccccc43)cc2)OC(=O)C=C)cc1OCC#C. The van der Waals surface area contributed by atoms with E-state index in [-0.39, 0.29) is 102 Å². The lowest BCUT2D eigenvalue weighted by Crippen LogP contribution is -2.30. The monoisotopic (exact) mass is 1120 g/mol. The number of ether oxygens (including phenoxy) is 12. The minimum Gasteiger partial charge on any atom is -0.491 e. The summed E-state index contributed by atoms with van der Waals surface area (Å²) in [5, 5.41) is 0. The van der Waals surface area contributed by atoms with Crippen LogP contribution in [0.25, 0.3) is 11.1 Å². The molecule has 6 aromatic carbocycles. The number of fused-ring (bicyclic) bond motifs is 3. The topological polar surface area (TPSA) is 179 Å². The van der Waals surface area contributed by atoms with E-state index in [4.69, 9.17) is 82.5 Å². The Hall–Kier alpha value is -10.4. The molecule has 0 N–H and O–H groups in total. The zero-order valence-electron chi connectivity index (χ0n) is 45.3. The molecule has 1 aliphatic carbocycles. The van der Waals surface area contributed by atoms with E-state index < -0.39 is 41.5 Å². The third kappa shape index (κ3) is 15.9. The molecule has 16 nitrogen and oxygen atoms in total. The van der Waals surface area contributed by atoms with Gasteiger partial charge in [0, 0.05) is 12.2 Å². The second kappa shape index (κ2) is 30.9. The average molecular weight is 1120 g/mol. The first-order valence-electron chi connectivity index (χ1n) is 25.9. The number of terminal acetylenes is 4. The lowest BCUT2D eigenvalue weighted by molar-refractivity contribution is -0.149. The average Bonchev–Trinajstić information content (AvgIpc) is 1.84. The summed E-state index contributed by atoms with van der Waals surface area (Å²) in [6.45, 7) is 6.34. The van der Waals surface area contributed by atoms with Crippen LogP contribution in [0.15, 0.2) is 159 Å². The Morgan fingerprint density at radius 3 is 1.19 bits per heavy atom. The third-order valence-electron chi connectivity index (χ3n) is 12.4. The Morgan fingerprint density at radius 2 is 0.819 bits per heavy atom. The van der Waals surface area contributed by atoms with Crippen LogP contribution in [0.5, 0.6) is 34.5 Å². The lowest BCUT2D eigenvalue weighted by Gasteiger charge is -2.34. The van der Waals surface area contributed by atoms with Crippen molar-refractivity contribution in [3.05, 3.63) is 192 Å². The minimum absolute atomic E-state index is 0.0255. The Morgan fingerprint density at radius 1 is 0.446 bits per heavy atom. The van der Waals surface area contributed by atoms with Crippen LogP contribution in [0.1, 0.15) is 43.0 Å². The maximum absolute atomic E-state index is 13.1. The van der Waals surface area contributed by atoms with Crippen LogP contribution in [0, 0.1) is 49.4 Å². The minimum atomic E-state index is -0.968. The quantitative estimate of drug-likeness (QED) is 0.0128. The van der Waals surface area contributed by atoms with Crippen LogP contribution in [0.2, 0.25) is 0 Å². The van der Waals surface area contributed by atoms with Gasteiger partial charge in [-0.05, 0) is 94.0 Å². The van der Waals surface area contributed by atoms with Crippen molar-refractivity contribution in [1.29, 1.82) is 0 Å². The molecule has 6 aromatic rings. The zero-order valence-corrected chi connectivity index (χ0v) is 45.3. The molecule has 0 heterocycles. The van der Waals surface area contributed by atoms with Crippen molar-refractivity contribution < 1.29 is 76.0 Å². The van der Waals surface area contributed by atoms with E-state index in [1.54, 1.807) is 0 Å². The fourth-order valence-corrected chi connectivity index (χ4v) is 8.87. The second-order valence-corrected chi connectivity index (χ2v) is 17.8. The highest BCUT2D eigenvalue weighted by molar-refractivity contribution is 5.91. The van der Waals surface area contributed by atoms with E-state index in [2.05, 4.69) is 61.1 Å². The van der Waals surface area contributed by atoms with E-state index in [0.29, 0.717) is 23.0 Å². The highest BCUT2D eigenvalue weighted by atomic mass is 16.6. The molecule has 2 atom stereocenters. The van der Waals surface area contributed by atoms with Crippen LogP contribution in [0.3, 0.4) is 0 Å². The number of rotatable bonds is 32. The van der Waals surface area contributed by atoms with Crippen molar-refractivity contribution in [2.75, 3.05) is 79.3 Å². The summed E-state index contributed by atoms with van der Waals surface area (Å²) >= 11 is 0. The Bertz CT molecular complexity index is 3180. The van der Waals surface area contributed by atoms with E-state index in [1.807, 2.05) is 72.8 Å². The van der Waals surface area contributed by atoms with E-state index in [0.717, 1.165) is 45.5 Å². The number of benzene rings is 6. The van der Waals surface area contributed by atoms with Crippen LogP contribution in [-0.2, 0) is 43.4 Å². The van der Waals surface area contributed by atoms with Crippen molar-refractivity contribution in [2.24, 2.45) is 0 Å². The number of hydrogen-bond donors (Lipinski definition) is 0. The van der Waals surface area contributed by atoms with Crippen molar-refractivity contribution in [3.8, 4) is 95.0 Å². The molecule has 83 heavy (non-hydrogen) atoms. The summed E-state index contributed by atoms with van der Waals surface area (Å²) in [7, 11) is 0. The zero-order chi connectivity index (χ0) is 58.8. The van der Waals surface area contributed by atoms with E-state index >= 15 is 0 Å². The standard InChI is InChI=1S/C67H58O16/c1-7-33-76-59-31-21-47(41-61(59)78-35-9-3)65(70)80-45-53(82-63(68)11-5)43-72-37-39-74-51-27-23-49(24-28-51)67(57-19-15-13-17-55(57)56-18-14-16-20-58(56)67)50-25-29-52(30-26-50)75-40-38-73-44-54(83-64(69)12-6)46-81-66(71)48-22-32-60(77-34-8-2)62(42-48)79-36-10-4/h1-4,11-32,41-42,53-54H,5-6,33-40,43-46H2. The molecule has 1 aliphatic rings. The molecule has 0 saturated heterocycles. The highest BCUT2D eigenvalue weighted by Gasteiger charge is 2.46. The molecule has 16 heteroatoms. The predicted octanol–water partition coefficient (Wildman–Crippen LogP) is 8.80. The van der Waals surface area contributed by atoms with Crippen LogP contribution in [-0.4, -0.2) is 115 Å². The van der Waals surface area contributed by atoms with Gasteiger partial charge in [-0.3, -0.25) is 0 Å². The van der Waals surface area contributed by atoms with Gasteiger partial charge in [-0.2, -0.15) is 0 Å². The van der Waals surface area contributed by atoms with Gasteiger partial charge in [0.25, 0.3) is 0 Å². The largest absolute Gasteiger partial charge is 0.491 e. The molecule has 422 valence electrons.